The first-order valence-electron chi connectivity index (χ1n) is 15.7. The lowest BCUT2D eigenvalue weighted by Gasteiger charge is -2.25. The van der Waals surface area contributed by atoms with Gasteiger partial charge in [0.1, 0.15) is 24.2 Å². The minimum atomic E-state index is -1.21. The molecule has 0 aromatic heterocycles. The topological polar surface area (TPSA) is 294 Å². The van der Waals surface area contributed by atoms with Crippen molar-refractivity contribution in [3.05, 3.63) is 0 Å². The summed E-state index contributed by atoms with van der Waals surface area (Å²) in [5.74, 6) is -5.18. The summed E-state index contributed by atoms with van der Waals surface area (Å²) >= 11 is 0. The fraction of sp³-hybridized carbons (Fsp3) is 0.724. The number of carboxylic acid groups (broad SMARTS) is 1. The summed E-state index contributed by atoms with van der Waals surface area (Å²) in [5.41, 5.74) is 16.5. The van der Waals surface area contributed by atoms with Crippen molar-refractivity contribution >= 4 is 47.4 Å². The van der Waals surface area contributed by atoms with Crippen molar-refractivity contribution in [2.75, 3.05) is 26.2 Å². The van der Waals surface area contributed by atoms with Crippen LogP contribution in [0.3, 0.4) is 0 Å². The number of guanidine groups is 1. The van der Waals surface area contributed by atoms with E-state index >= 15 is 0 Å². The zero-order chi connectivity index (χ0) is 35.8. The minimum Gasteiger partial charge on any atom is -0.480 e. The molecule has 0 radical (unpaired) electrons. The lowest BCUT2D eigenvalue weighted by Crippen LogP contribution is -2.56. The third kappa shape index (κ3) is 14.7. The van der Waals surface area contributed by atoms with E-state index in [2.05, 4.69) is 31.6 Å². The Kier molecular flexibility index (Phi) is 17.2. The molecule has 0 spiro atoms. The van der Waals surface area contributed by atoms with Gasteiger partial charge in [-0.05, 0) is 50.9 Å². The van der Waals surface area contributed by atoms with E-state index < -0.39 is 78.2 Å². The Morgan fingerprint density at radius 2 is 1.53 bits per heavy atom. The summed E-state index contributed by atoms with van der Waals surface area (Å²) in [6, 6.07) is -5.07. The quantitative estimate of drug-likeness (QED) is 0.0376. The predicted molar refractivity (Wildman–Crippen MR) is 172 cm³/mol. The van der Waals surface area contributed by atoms with E-state index in [4.69, 9.17) is 17.2 Å². The molecule has 1 aliphatic rings. The Balaban J connectivity index is 2.81. The van der Waals surface area contributed by atoms with Crippen LogP contribution in [0.25, 0.3) is 0 Å². The van der Waals surface area contributed by atoms with Crippen LogP contribution in [0.15, 0.2) is 4.99 Å². The number of nitrogens with two attached hydrogens (primary N) is 3. The van der Waals surface area contributed by atoms with E-state index in [1.807, 2.05) is 13.8 Å². The van der Waals surface area contributed by atoms with Gasteiger partial charge in [0, 0.05) is 13.1 Å². The Hall–Kier alpha value is -4.48. The number of carboxylic acids is 1. The molecular formula is C29H52N10O8. The number of amides is 6. The van der Waals surface area contributed by atoms with Gasteiger partial charge in [0.25, 0.3) is 0 Å². The Morgan fingerprint density at radius 3 is 2.11 bits per heavy atom. The number of carbonyl (C=O) groups is 7. The van der Waals surface area contributed by atoms with Crippen LogP contribution in [0.1, 0.15) is 66.7 Å². The van der Waals surface area contributed by atoms with E-state index in [0.717, 1.165) is 0 Å². The number of carbonyl (C=O) groups excluding carboxylic acids is 6. The first-order valence-corrected chi connectivity index (χ1v) is 15.7. The largest absolute Gasteiger partial charge is 0.480 e. The fourth-order valence-electron chi connectivity index (χ4n) is 4.69. The second kappa shape index (κ2) is 19.9. The van der Waals surface area contributed by atoms with E-state index in [-0.39, 0.29) is 50.1 Å². The summed E-state index contributed by atoms with van der Waals surface area (Å²) < 4.78 is 0. The molecule has 47 heavy (non-hydrogen) atoms. The molecule has 1 aliphatic heterocycles. The average molecular weight is 669 g/mol. The highest BCUT2D eigenvalue weighted by atomic mass is 16.4. The first-order chi connectivity index (χ1) is 21.9. The molecule has 0 aromatic rings. The second-order valence-electron chi connectivity index (χ2n) is 12.3. The lowest BCUT2D eigenvalue weighted by molar-refractivity contribution is -0.142. The fourth-order valence-corrected chi connectivity index (χ4v) is 4.69. The molecule has 6 amide bonds. The number of nitrogens with zero attached hydrogens (tertiary/aromatic N) is 2. The van der Waals surface area contributed by atoms with Crippen molar-refractivity contribution in [3.63, 3.8) is 0 Å². The van der Waals surface area contributed by atoms with Crippen LogP contribution >= 0.6 is 0 Å². The zero-order valence-corrected chi connectivity index (χ0v) is 27.8. The van der Waals surface area contributed by atoms with Gasteiger partial charge in [0.15, 0.2) is 5.96 Å². The molecule has 18 nitrogen and oxygen atoms in total. The normalized spacial score (nSPS) is 16.8. The van der Waals surface area contributed by atoms with Crippen LogP contribution in [0.5, 0.6) is 0 Å². The zero-order valence-electron chi connectivity index (χ0n) is 27.8. The molecule has 0 bridgehead atoms. The molecule has 1 rings (SSSR count). The highest BCUT2D eigenvalue weighted by molar-refractivity contribution is 5.95. The Bertz CT molecular complexity index is 1160. The van der Waals surface area contributed by atoms with Gasteiger partial charge in [-0.2, -0.15) is 0 Å². The van der Waals surface area contributed by atoms with Gasteiger partial charge in [-0.1, -0.05) is 27.7 Å². The maximum Gasteiger partial charge on any atom is 0.326 e. The van der Waals surface area contributed by atoms with Gasteiger partial charge < -0.3 is 53.8 Å². The predicted octanol–water partition coefficient (Wildman–Crippen LogP) is -3.15. The molecule has 1 saturated heterocycles. The summed E-state index contributed by atoms with van der Waals surface area (Å²) in [6.45, 7) is 8.14. The van der Waals surface area contributed by atoms with Gasteiger partial charge in [-0.25, -0.2) is 4.79 Å². The van der Waals surface area contributed by atoms with Crippen molar-refractivity contribution in [3.8, 4) is 0 Å². The lowest BCUT2D eigenvalue weighted by atomic mass is 10.0. The number of rotatable bonds is 19. The van der Waals surface area contributed by atoms with E-state index in [1.165, 1.54) is 11.8 Å². The molecule has 266 valence electrons. The molecule has 1 fully saturated rings. The summed E-state index contributed by atoms with van der Waals surface area (Å²) in [4.78, 5) is 93.1. The monoisotopic (exact) mass is 668 g/mol. The maximum absolute atomic E-state index is 13.1. The van der Waals surface area contributed by atoms with Crippen molar-refractivity contribution in [1.82, 2.24) is 31.5 Å². The van der Waals surface area contributed by atoms with Crippen LogP contribution in [-0.2, 0) is 33.6 Å². The first kappa shape index (κ1) is 40.5. The molecule has 12 N–H and O–H groups in total. The molecule has 0 aromatic carbocycles. The van der Waals surface area contributed by atoms with Crippen molar-refractivity contribution in [2.24, 2.45) is 34.0 Å². The van der Waals surface area contributed by atoms with Crippen LogP contribution in [0.2, 0.25) is 0 Å². The summed E-state index contributed by atoms with van der Waals surface area (Å²) in [6.07, 6.45) is 1.43. The van der Waals surface area contributed by atoms with Gasteiger partial charge in [0.05, 0.1) is 19.1 Å². The number of hydrogen-bond donors (Lipinski definition) is 9. The molecule has 0 unspecified atom stereocenters. The van der Waals surface area contributed by atoms with Crippen LogP contribution in [0.4, 0.5) is 0 Å². The van der Waals surface area contributed by atoms with E-state index in [0.29, 0.717) is 19.4 Å². The third-order valence-corrected chi connectivity index (χ3v) is 7.40. The number of hydrogen-bond acceptors (Lipinski definition) is 9. The van der Waals surface area contributed by atoms with Gasteiger partial charge in [-0.3, -0.25) is 33.8 Å². The molecule has 1 heterocycles. The smallest absolute Gasteiger partial charge is 0.326 e. The van der Waals surface area contributed by atoms with Crippen LogP contribution in [0, 0.1) is 11.8 Å². The number of aliphatic imine (C=N–C) groups is 1. The highest BCUT2D eigenvalue weighted by Crippen LogP contribution is 2.17. The molecule has 0 aliphatic carbocycles. The van der Waals surface area contributed by atoms with Crippen molar-refractivity contribution in [1.29, 1.82) is 0 Å². The second-order valence-corrected chi connectivity index (χ2v) is 12.3. The van der Waals surface area contributed by atoms with E-state index in [1.54, 1.807) is 13.8 Å². The van der Waals surface area contributed by atoms with Gasteiger partial charge >= 0.3 is 5.97 Å². The number of aliphatic carboxylic acids is 1. The molecular weight excluding hydrogens is 616 g/mol. The molecule has 5 atom stereocenters. The van der Waals surface area contributed by atoms with Crippen LogP contribution < -0.4 is 43.8 Å². The maximum atomic E-state index is 13.1. The summed E-state index contributed by atoms with van der Waals surface area (Å²) in [7, 11) is 0. The van der Waals surface area contributed by atoms with Crippen LogP contribution in [-0.4, -0.2) is 114 Å². The standard InChI is InChI=1S/C29H52N10O8/c1-15(2)12-19(28(46)47)38-24(42)17(5)36-25(43)18(8-6-10-33-29(31)32)37-21(40)13-34-26(44)20-9-7-11-39(20)22(41)14-35-27(45)23(30)16(3)4/h15-20,23H,6-14,30H2,1-5H3,(H,34,44)(H,35,45)(H,36,43)(H,37,40)(H,38,42)(H,46,47)(H4,31,32,33)/t17-,18-,19-,20-,23-/m0/s1. The highest BCUT2D eigenvalue weighted by Gasteiger charge is 2.35. The van der Waals surface area contributed by atoms with Crippen molar-refractivity contribution < 1.29 is 38.7 Å². The SMILES string of the molecule is CC(C)C[C@H](NC(=O)[C@H](C)NC(=O)[C@H](CCCN=C(N)N)NC(=O)CNC(=O)[C@@H]1CCCN1C(=O)CNC(=O)[C@@H](N)C(C)C)C(=O)O. The molecule has 18 heteroatoms. The third-order valence-electron chi connectivity index (χ3n) is 7.40. The van der Waals surface area contributed by atoms with E-state index in [9.17, 15) is 38.7 Å². The Morgan fingerprint density at radius 1 is 0.872 bits per heavy atom. The van der Waals surface area contributed by atoms with Gasteiger partial charge in [-0.15, -0.1) is 0 Å². The molecule has 0 saturated carbocycles. The van der Waals surface area contributed by atoms with Crippen molar-refractivity contribution in [2.45, 2.75) is 96.9 Å². The minimum absolute atomic E-state index is 0.00877. The average Bonchev–Trinajstić information content (AvgIpc) is 3.49. The number of likely N-dealkylation sites (tertiary alicyclic amines) is 1. The number of nitrogens with one attached hydrogen (secondary N) is 5. The summed E-state index contributed by atoms with van der Waals surface area (Å²) in [5, 5.41) is 21.8. The Labute approximate surface area is 274 Å². The van der Waals surface area contributed by atoms with Gasteiger partial charge in [0.2, 0.25) is 35.4 Å².